The van der Waals surface area contributed by atoms with Crippen LogP contribution < -0.4 is 21.7 Å². The number of rotatable bonds is 15. The van der Waals surface area contributed by atoms with Crippen molar-refractivity contribution in [2.75, 3.05) is 6.54 Å². The summed E-state index contributed by atoms with van der Waals surface area (Å²) >= 11 is 0. The van der Waals surface area contributed by atoms with Crippen LogP contribution in [0.1, 0.15) is 120 Å². The summed E-state index contributed by atoms with van der Waals surface area (Å²) in [6.45, 7) is 17.5. The van der Waals surface area contributed by atoms with Crippen LogP contribution in [0.4, 0.5) is 4.79 Å². The lowest BCUT2D eigenvalue weighted by atomic mass is 9.72. The molecule has 3 saturated carbocycles. The fourth-order valence-electron chi connectivity index (χ4n) is 7.17. The van der Waals surface area contributed by atoms with Gasteiger partial charge in [0.1, 0.15) is 24.2 Å². The highest BCUT2D eigenvalue weighted by Gasteiger charge is 2.51. The second kappa shape index (κ2) is 14.6. The van der Waals surface area contributed by atoms with Gasteiger partial charge >= 0.3 is 12.0 Å². The maximum atomic E-state index is 14.5. The zero-order chi connectivity index (χ0) is 36.6. The van der Waals surface area contributed by atoms with Crippen LogP contribution in [0.15, 0.2) is 0 Å². The predicted octanol–water partition coefficient (Wildman–Crippen LogP) is 3.84. The number of hydrogen-bond acceptors (Lipinski definition) is 7. The Balaban J connectivity index is 1.54. The first kappa shape index (κ1) is 38.6. The lowest BCUT2D eigenvalue weighted by molar-refractivity contribution is -0.156. The molecule has 4 rings (SSSR count). The average molecular weight is 688 g/mol. The molecule has 0 radical (unpaired) electrons. The fourth-order valence-corrected chi connectivity index (χ4v) is 7.17. The largest absolute Gasteiger partial charge is 0.460 e. The van der Waals surface area contributed by atoms with Gasteiger partial charge < -0.3 is 31.3 Å². The van der Waals surface area contributed by atoms with Crippen LogP contribution in [-0.2, 0) is 28.7 Å². The first-order valence-corrected chi connectivity index (χ1v) is 18.4. The molecule has 49 heavy (non-hydrogen) atoms. The summed E-state index contributed by atoms with van der Waals surface area (Å²) in [6.07, 6.45) is 7.51. The number of nitrogens with zero attached hydrogens (tertiary/aromatic N) is 1. The number of carbonyl (C=O) groups excluding carboxylic acids is 6. The second-order valence-electron chi connectivity index (χ2n) is 18.0. The Morgan fingerprint density at radius 3 is 1.76 bits per heavy atom. The summed E-state index contributed by atoms with van der Waals surface area (Å²) in [7, 11) is 0. The van der Waals surface area contributed by atoms with E-state index in [1.54, 1.807) is 0 Å². The molecule has 5 atom stereocenters. The highest BCUT2D eigenvalue weighted by atomic mass is 16.5. The molecule has 12 nitrogen and oxygen atoms in total. The minimum Gasteiger partial charge on any atom is -0.460 e. The van der Waals surface area contributed by atoms with Gasteiger partial charge in [0.05, 0.1) is 6.04 Å². The Labute approximate surface area is 292 Å². The van der Waals surface area contributed by atoms with Gasteiger partial charge in [-0.3, -0.25) is 19.2 Å². The van der Waals surface area contributed by atoms with E-state index in [0.29, 0.717) is 24.7 Å². The summed E-state index contributed by atoms with van der Waals surface area (Å²) in [4.78, 5) is 82.0. The smallest absolute Gasteiger partial charge is 0.329 e. The van der Waals surface area contributed by atoms with Crippen LogP contribution in [0, 0.1) is 39.9 Å². The Morgan fingerprint density at radius 1 is 0.776 bits per heavy atom. The fraction of sp³-hybridized carbons (Fsp3) is 0.838. The van der Waals surface area contributed by atoms with Gasteiger partial charge in [0.15, 0.2) is 0 Å². The number of urea groups is 1. The quantitative estimate of drug-likeness (QED) is 0.149. The first-order chi connectivity index (χ1) is 22.6. The van der Waals surface area contributed by atoms with Crippen molar-refractivity contribution in [3.8, 4) is 0 Å². The summed E-state index contributed by atoms with van der Waals surface area (Å²) in [5.74, 6) is -2.61. The van der Waals surface area contributed by atoms with E-state index in [1.165, 1.54) is 4.90 Å². The van der Waals surface area contributed by atoms with Gasteiger partial charge in [0, 0.05) is 6.54 Å². The molecule has 0 bridgehead atoms. The van der Waals surface area contributed by atoms with Crippen molar-refractivity contribution in [1.82, 2.24) is 20.9 Å². The van der Waals surface area contributed by atoms with E-state index in [9.17, 15) is 28.8 Å². The van der Waals surface area contributed by atoms with Crippen molar-refractivity contribution in [3.63, 3.8) is 0 Å². The number of nitrogens with one attached hydrogen (secondary N) is 3. The summed E-state index contributed by atoms with van der Waals surface area (Å²) in [5.41, 5.74) is 3.57. The van der Waals surface area contributed by atoms with E-state index in [-0.39, 0.29) is 29.9 Å². The molecule has 0 aromatic heterocycles. The van der Waals surface area contributed by atoms with Crippen molar-refractivity contribution in [2.45, 2.75) is 150 Å². The number of amides is 5. The van der Waals surface area contributed by atoms with E-state index in [1.807, 2.05) is 48.5 Å². The minimum atomic E-state index is -1.10. The van der Waals surface area contributed by atoms with Gasteiger partial charge in [0.2, 0.25) is 17.6 Å². The molecule has 12 heteroatoms. The number of primary amides is 1. The van der Waals surface area contributed by atoms with E-state index < -0.39 is 70.5 Å². The molecule has 1 heterocycles. The predicted molar refractivity (Wildman–Crippen MR) is 185 cm³/mol. The molecule has 0 aromatic carbocycles. The number of ether oxygens (including phenoxy) is 1. The molecule has 4 aliphatic rings. The monoisotopic (exact) mass is 687 g/mol. The zero-order valence-corrected chi connectivity index (χ0v) is 31.1. The topological polar surface area (TPSA) is 177 Å². The van der Waals surface area contributed by atoms with Gasteiger partial charge in [-0.2, -0.15) is 0 Å². The third kappa shape index (κ3) is 9.75. The number of ketones is 1. The van der Waals surface area contributed by atoms with Gasteiger partial charge in [-0.25, -0.2) is 9.59 Å². The summed E-state index contributed by atoms with van der Waals surface area (Å²) in [6, 6.07) is -4.67. The van der Waals surface area contributed by atoms with E-state index in [4.69, 9.17) is 10.5 Å². The molecule has 5 amide bonds. The van der Waals surface area contributed by atoms with Crippen LogP contribution in [0.5, 0.6) is 0 Å². The maximum absolute atomic E-state index is 14.5. The molecule has 2 unspecified atom stereocenters. The second-order valence-corrected chi connectivity index (χ2v) is 18.0. The van der Waals surface area contributed by atoms with Crippen molar-refractivity contribution < 1.29 is 33.5 Å². The van der Waals surface area contributed by atoms with Gasteiger partial charge in [-0.1, -0.05) is 81.6 Å². The SMILES string of the molecule is CCC(C)(C)[C@H]1CCN(C(=O)[C@@H](NC(=O)N[C@H](C(=O)OC(C2CC2)C2CC2)C(C)(C)C)C(C)(C)C)C1C(=O)NC(CC1CC1)C(=O)C(N)=O. The number of nitrogens with two attached hydrogens (primary N) is 1. The first-order valence-electron chi connectivity index (χ1n) is 18.4. The average Bonchev–Trinajstić information content (AvgIpc) is 3.85. The van der Waals surface area contributed by atoms with E-state index in [2.05, 4.69) is 29.8 Å². The van der Waals surface area contributed by atoms with Gasteiger partial charge in [-0.05, 0) is 78.4 Å². The molecule has 1 saturated heterocycles. The lowest BCUT2D eigenvalue weighted by Crippen LogP contribution is -2.62. The van der Waals surface area contributed by atoms with Crippen LogP contribution >= 0.6 is 0 Å². The molecule has 0 spiro atoms. The summed E-state index contributed by atoms with van der Waals surface area (Å²) in [5, 5.41) is 8.48. The number of Topliss-reactive ketones (excluding diaryl/α,β-unsaturated/α-hetero) is 1. The van der Waals surface area contributed by atoms with E-state index in [0.717, 1.165) is 44.9 Å². The number of likely N-dealkylation sites (tertiary alicyclic amines) is 1. The zero-order valence-electron chi connectivity index (χ0n) is 31.1. The molecular weight excluding hydrogens is 626 g/mol. The molecule has 5 N–H and O–H groups in total. The number of carbonyl (C=O) groups is 6. The van der Waals surface area contributed by atoms with Crippen molar-refractivity contribution >= 4 is 35.5 Å². The van der Waals surface area contributed by atoms with Crippen molar-refractivity contribution in [1.29, 1.82) is 0 Å². The van der Waals surface area contributed by atoms with Crippen LogP contribution in [0.3, 0.4) is 0 Å². The van der Waals surface area contributed by atoms with Crippen molar-refractivity contribution in [3.05, 3.63) is 0 Å². The molecule has 4 fully saturated rings. The number of esters is 1. The Kier molecular flexibility index (Phi) is 11.5. The maximum Gasteiger partial charge on any atom is 0.329 e. The molecule has 1 aliphatic heterocycles. The Bertz CT molecular complexity index is 1280. The number of hydrogen-bond donors (Lipinski definition) is 4. The highest BCUT2D eigenvalue weighted by Crippen LogP contribution is 2.47. The summed E-state index contributed by atoms with van der Waals surface area (Å²) < 4.78 is 6.02. The van der Waals surface area contributed by atoms with Crippen LogP contribution in [0.25, 0.3) is 0 Å². The third-order valence-electron chi connectivity index (χ3n) is 11.2. The minimum absolute atomic E-state index is 0.119. The molecule has 0 aromatic rings. The van der Waals surface area contributed by atoms with Crippen molar-refractivity contribution in [2.24, 2.45) is 45.7 Å². The Hall–Kier alpha value is -3.18. The Morgan fingerprint density at radius 2 is 1.31 bits per heavy atom. The highest BCUT2D eigenvalue weighted by molar-refractivity contribution is 6.37. The molecule has 276 valence electrons. The normalized spacial score (nSPS) is 23.3. The van der Waals surface area contributed by atoms with Crippen LogP contribution in [-0.4, -0.2) is 77.2 Å². The van der Waals surface area contributed by atoms with Gasteiger partial charge in [-0.15, -0.1) is 0 Å². The van der Waals surface area contributed by atoms with E-state index >= 15 is 0 Å². The van der Waals surface area contributed by atoms with Crippen LogP contribution in [0.2, 0.25) is 0 Å². The lowest BCUT2D eigenvalue weighted by Gasteiger charge is -2.40. The molecular formula is C37H61N5O7. The third-order valence-corrected chi connectivity index (χ3v) is 11.2. The molecule has 3 aliphatic carbocycles. The standard InChI is InChI=1S/C37H61N5O7/c1-10-37(8,9)23-17-18-42(25(23)31(45)39-24(19-20-11-12-20)26(43)30(38)44)32(46)28(35(2,3)4)40-34(48)41-29(36(5,6)7)33(47)49-27(21-13-14-21)22-15-16-22/h20-25,27-29H,10-19H2,1-9H3,(H2,38,44)(H,39,45)(H2,40,41,48)/t23-,24?,25?,28+,29+/m0/s1. The van der Waals surface area contributed by atoms with Gasteiger partial charge in [0.25, 0.3) is 5.91 Å².